The predicted octanol–water partition coefficient (Wildman–Crippen LogP) is 5.25. The Labute approximate surface area is 195 Å². The number of hydrogen-bond donors (Lipinski definition) is 0. The molecule has 2 aromatic carbocycles. The molecule has 6 aromatic rings. The fourth-order valence-electron chi connectivity index (χ4n) is 3.95. The molecule has 0 fully saturated rings. The van der Waals surface area contributed by atoms with Gasteiger partial charge >= 0.3 is 0 Å². The van der Waals surface area contributed by atoms with Crippen molar-refractivity contribution in [1.82, 2.24) is 29.4 Å². The highest BCUT2D eigenvalue weighted by Crippen LogP contribution is 2.24. The van der Waals surface area contributed by atoms with Gasteiger partial charge in [0.1, 0.15) is 24.4 Å². The number of aryl methyl sites for hydroxylation is 1. The highest BCUT2D eigenvalue weighted by atomic mass is 16.5. The van der Waals surface area contributed by atoms with E-state index in [-0.39, 0.29) is 0 Å². The molecule has 4 aromatic heterocycles. The van der Waals surface area contributed by atoms with Crippen LogP contribution in [0.3, 0.4) is 0 Å². The van der Waals surface area contributed by atoms with E-state index in [1.165, 1.54) is 5.56 Å². The predicted molar refractivity (Wildman–Crippen MR) is 128 cm³/mol. The number of hydrogen-bond acceptors (Lipinski definition) is 6. The lowest BCUT2D eigenvalue weighted by Gasteiger charge is -2.05. The zero-order valence-electron chi connectivity index (χ0n) is 18.6. The highest BCUT2D eigenvalue weighted by Gasteiger charge is 2.16. The van der Waals surface area contributed by atoms with E-state index in [0.29, 0.717) is 29.6 Å². The summed E-state index contributed by atoms with van der Waals surface area (Å²) in [5.41, 5.74) is 3.63. The number of aromatic nitrogens is 6. The minimum atomic E-state index is 0.330. The molecule has 0 N–H and O–H groups in total. The Morgan fingerprint density at radius 1 is 0.941 bits per heavy atom. The van der Waals surface area contributed by atoms with E-state index in [4.69, 9.17) is 14.1 Å². The van der Waals surface area contributed by atoms with Crippen LogP contribution >= 0.6 is 0 Å². The number of benzene rings is 2. The first-order valence-corrected chi connectivity index (χ1v) is 11.2. The summed E-state index contributed by atoms with van der Waals surface area (Å²) in [4.78, 5) is 9.25. The van der Waals surface area contributed by atoms with E-state index >= 15 is 0 Å². The van der Waals surface area contributed by atoms with Crippen molar-refractivity contribution in [1.29, 1.82) is 0 Å². The normalized spacial score (nSPS) is 11.4. The van der Waals surface area contributed by atoms with Crippen molar-refractivity contribution in [2.45, 2.75) is 26.4 Å². The zero-order valence-corrected chi connectivity index (χ0v) is 18.6. The molecular weight excluding hydrogens is 428 g/mol. The summed E-state index contributed by atoms with van der Waals surface area (Å²) < 4.78 is 15.3. The number of fused-ring (bicyclic) bond motifs is 3. The van der Waals surface area contributed by atoms with E-state index in [2.05, 4.69) is 34.2 Å². The van der Waals surface area contributed by atoms with Crippen LogP contribution in [0.4, 0.5) is 0 Å². The van der Waals surface area contributed by atoms with Crippen LogP contribution in [0, 0.1) is 0 Å². The van der Waals surface area contributed by atoms with E-state index < -0.39 is 0 Å². The molecule has 0 radical (unpaired) electrons. The van der Waals surface area contributed by atoms with Gasteiger partial charge in [0, 0.05) is 0 Å². The molecular formula is C26H22N6O2. The molecule has 0 spiro atoms. The van der Waals surface area contributed by atoms with Crippen molar-refractivity contribution in [3.05, 3.63) is 90.6 Å². The van der Waals surface area contributed by atoms with Gasteiger partial charge in [-0.05, 0) is 48.4 Å². The van der Waals surface area contributed by atoms with Crippen LogP contribution in [-0.4, -0.2) is 29.4 Å². The molecule has 168 valence electrons. The van der Waals surface area contributed by atoms with Crippen molar-refractivity contribution < 1.29 is 9.15 Å². The Bertz CT molecular complexity index is 1560. The first-order chi connectivity index (χ1) is 16.8. The quantitative estimate of drug-likeness (QED) is 0.330. The smallest absolute Gasteiger partial charge is 0.217 e. The Morgan fingerprint density at radius 2 is 1.79 bits per heavy atom. The number of ether oxygens (including phenoxy) is 1. The van der Waals surface area contributed by atoms with Crippen LogP contribution in [0.15, 0.2) is 83.7 Å². The lowest BCUT2D eigenvalue weighted by atomic mass is 10.1. The third-order valence-corrected chi connectivity index (χ3v) is 5.63. The van der Waals surface area contributed by atoms with E-state index in [0.717, 1.165) is 35.3 Å². The second-order valence-electron chi connectivity index (χ2n) is 8.03. The lowest BCUT2D eigenvalue weighted by Crippen LogP contribution is -1.98. The maximum Gasteiger partial charge on any atom is 0.217 e. The van der Waals surface area contributed by atoms with Gasteiger partial charge in [0.2, 0.25) is 5.82 Å². The maximum absolute atomic E-state index is 5.97. The minimum Gasteiger partial charge on any atom is -0.486 e. The summed E-state index contributed by atoms with van der Waals surface area (Å²) in [5, 5.41) is 9.86. The summed E-state index contributed by atoms with van der Waals surface area (Å²) in [5.74, 6) is 2.57. The molecule has 8 heteroatoms. The Balaban J connectivity index is 1.24. The van der Waals surface area contributed by atoms with Crippen molar-refractivity contribution in [2.75, 3.05) is 0 Å². The summed E-state index contributed by atoms with van der Waals surface area (Å²) >= 11 is 0. The van der Waals surface area contributed by atoms with Gasteiger partial charge in [0.15, 0.2) is 17.1 Å². The van der Waals surface area contributed by atoms with Gasteiger partial charge in [-0.3, -0.25) is 0 Å². The number of para-hydroxylation sites is 1. The minimum absolute atomic E-state index is 0.330. The molecule has 8 nitrogen and oxygen atoms in total. The Kier molecular flexibility index (Phi) is 5.03. The summed E-state index contributed by atoms with van der Waals surface area (Å²) in [6, 6.07) is 21.8. The van der Waals surface area contributed by atoms with E-state index in [9.17, 15) is 0 Å². The molecule has 0 unspecified atom stereocenters. The van der Waals surface area contributed by atoms with Crippen molar-refractivity contribution in [3.8, 4) is 23.0 Å². The third kappa shape index (κ3) is 3.69. The van der Waals surface area contributed by atoms with Crippen LogP contribution < -0.4 is 4.74 Å². The monoisotopic (exact) mass is 450 g/mol. The molecule has 0 aliphatic rings. The molecule has 0 aliphatic heterocycles. The third-order valence-electron chi connectivity index (χ3n) is 5.63. The molecule has 0 aliphatic carbocycles. The van der Waals surface area contributed by atoms with Gasteiger partial charge in [-0.15, -0.1) is 5.10 Å². The number of nitrogens with zero attached hydrogens (tertiary/aromatic N) is 6. The SMILES string of the molecule is CCCc1ccc(OCc2ccc(-c3nc4c5cnn(-c6ccccc6)c5ncn4n3)o2)cc1. The standard InChI is InChI=1S/C26H22N6O2/c1-2-6-18-9-11-20(12-10-18)33-16-21-13-14-23(34-21)24-29-26-22-15-28-32(19-7-4-3-5-8-19)25(22)27-17-31(26)30-24/h3-5,7-15,17H,2,6,16H2,1H3. The van der Waals surface area contributed by atoms with E-state index in [1.807, 2.05) is 54.6 Å². The fourth-order valence-corrected chi connectivity index (χ4v) is 3.95. The van der Waals surface area contributed by atoms with Gasteiger partial charge in [0.25, 0.3) is 0 Å². The fraction of sp³-hybridized carbons (Fsp3) is 0.154. The van der Waals surface area contributed by atoms with Crippen molar-refractivity contribution in [2.24, 2.45) is 0 Å². The zero-order chi connectivity index (χ0) is 22.9. The largest absolute Gasteiger partial charge is 0.486 e. The average Bonchev–Trinajstić information content (AvgIpc) is 3.61. The molecule has 0 saturated carbocycles. The average molecular weight is 451 g/mol. The lowest BCUT2D eigenvalue weighted by molar-refractivity contribution is 0.271. The number of rotatable bonds is 7. The van der Waals surface area contributed by atoms with Crippen LogP contribution in [0.2, 0.25) is 0 Å². The molecule has 34 heavy (non-hydrogen) atoms. The second kappa shape index (κ2) is 8.47. The highest BCUT2D eigenvalue weighted by molar-refractivity contribution is 5.89. The molecule has 0 amide bonds. The van der Waals surface area contributed by atoms with Crippen LogP contribution in [0.5, 0.6) is 5.75 Å². The first kappa shape index (κ1) is 20.2. The van der Waals surface area contributed by atoms with Crippen LogP contribution in [-0.2, 0) is 13.0 Å². The molecule has 0 atom stereocenters. The van der Waals surface area contributed by atoms with Crippen LogP contribution in [0.25, 0.3) is 34.0 Å². The Morgan fingerprint density at radius 3 is 2.62 bits per heavy atom. The number of furan rings is 1. The second-order valence-corrected chi connectivity index (χ2v) is 8.03. The van der Waals surface area contributed by atoms with Gasteiger partial charge < -0.3 is 9.15 Å². The summed E-state index contributed by atoms with van der Waals surface area (Å²) in [6.07, 6.45) is 5.60. The molecule has 4 heterocycles. The maximum atomic E-state index is 5.97. The summed E-state index contributed by atoms with van der Waals surface area (Å²) in [6.45, 7) is 2.50. The molecule has 0 saturated heterocycles. The van der Waals surface area contributed by atoms with Crippen LogP contribution in [0.1, 0.15) is 24.7 Å². The van der Waals surface area contributed by atoms with Gasteiger partial charge in [-0.1, -0.05) is 43.7 Å². The Hall–Kier alpha value is -4.46. The van der Waals surface area contributed by atoms with Crippen molar-refractivity contribution in [3.63, 3.8) is 0 Å². The molecule has 6 rings (SSSR count). The first-order valence-electron chi connectivity index (χ1n) is 11.2. The topological polar surface area (TPSA) is 83.3 Å². The summed E-state index contributed by atoms with van der Waals surface area (Å²) in [7, 11) is 0. The van der Waals surface area contributed by atoms with E-state index in [1.54, 1.807) is 21.7 Å². The van der Waals surface area contributed by atoms with Gasteiger partial charge in [-0.2, -0.15) is 5.10 Å². The van der Waals surface area contributed by atoms with Crippen molar-refractivity contribution >= 4 is 16.7 Å². The molecule has 0 bridgehead atoms. The van der Waals surface area contributed by atoms with Gasteiger partial charge in [0.05, 0.1) is 17.3 Å². The van der Waals surface area contributed by atoms with Gasteiger partial charge in [-0.25, -0.2) is 19.2 Å².